The Morgan fingerprint density at radius 3 is 2.39 bits per heavy atom. The van der Waals surface area contributed by atoms with Crippen LogP contribution in [-0.4, -0.2) is 34.4 Å². The van der Waals surface area contributed by atoms with E-state index in [9.17, 15) is 0 Å². The summed E-state index contributed by atoms with van der Waals surface area (Å²) >= 11 is 6.07. The van der Waals surface area contributed by atoms with Crippen molar-refractivity contribution in [2.45, 2.75) is 6.92 Å². The van der Waals surface area contributed by atoms with Gasteiger partial charge in [-0.25, -0.2) is 0 Å². The van der Waals surface area contributed by atoms with Gasteiger partial charge in [0.05, 0.1) is 24.9 Å². The van der Waals surface area contributed by atoms with Crippen LogP contribution in [0.2, 0.25) is 5.02 Å². The van der Waals surface area contributed by atoms with Crippen LogP contribution in [0.5, 0.6) is 11.5 Å². The molecular weight excluding hydrogens is 252 g/mol. The standard InChI is InChI=1S/C13H21ClN2O2/c1-9(7-15)8-16(2)11-6-12(17-3)10(14)5-13(11)18-4/h5-6,9H,7-8,15H2,1-4H3. The normalized spacial score (nSPS) is 12.1. The van der Waals surface area contributed by atoms with E-state index in [0.29, 0.717) is 23.2 Å². The summed E-state index contributed by atoms with van der Waals surface area (Å²) in [5.41, 5.74) is 6.59. The van der Waals surface area contributed by atoms with Crippen molar-refractivity contribution in [3.05, 3.63) is 17.2 Å². The molecule has 1 atom stereocenters. The molecule has 0 spiro atoms. The molecule has 18 heavy (non-hydrogen) atoms. The maximum atomic E-state index is 6.07. The Labute approximate surface area is 114 Å². The van der Waals surface area contributed by atoms with Gasteiger partial charge in [0.25, 0.3) is 0 Å². The molecule has 1 aromatic rings. The Hall–Kier alpha value is -1.13. The average Bonchev–Trinajstić information content (AvgIpc) is 2.37. The first-order valence-corrected chi connectivity index (χ1v) is 6.24. The summed E-state index contributed by atoms with van der Waals surface area (Å²) < 4.78 is 10.6. The van der Waals surface area contributed by atoms with Crippen molar-refractivity contribution in [3.8, 4) is 11.5 Å². The zero-order valence-corrected chi connectivity index (χ0v) is 12.1. The zero-order chi connectivity index (χ0) is 13.7. The molecule has 1 rings (SSSR count). The van der Waals surface area contributed by atoms with E-state index in [1.165, 1.54) is 0 Å². The number of ether oxygens (including phenoxy) is 2. The maximum absolute atomic E-state index is 6.07. The van der Waals surface area contributed by atoms with Gasteiger partial charge >= 0.3 is 0 Å². The van der Waals surface area contributed by atoms with Gasteiger partial charge in [-0.2, -0.15) is 0 Å². The van der Waals surface area contributed by atoms with Gasteiger partial charge in [0.2, 0.25) is 0 Å². The third-order valence-electron chi connectivity index (χ3n) is 2.85. The summed E-state index contributed by atoms with van der Waals surface area (Å²) in [5, 5.41) is 0.540. The second kappa shape index (κ2) is 6.71. The van der Waals surface area contributed by atoms with Crippen molar-refractivity contribution in [3.63, 3.8) is 0 Å². The molecule has 0 aliphatic carbocycles. The van der Waals surface area contributed by atoms with Crippen molar-refractivity contribution < 1.29 is 9.47 Å². The molecule has 0 fully saturated rings. The number of methoxy groups -OCH3 is 2. The second-order valence-electron chi connectivity index (χ2n) is 4.38. The van der Waals surface area contributed by atoms with Gasteiger partial charge in [-0.3, -0.25) is 0 Å². The van der Waals surface area contributed by atoms with Crippen LogP contribution >= 0.6 is 11.6 Å². The molecular formula is C13H21ClN2O2. The topological polar surface area (TPSA) is 47.7 Å². The van der Waals surface area contributed by atoms with Gasteiger partial charge in [-0.1, -0.05) is 18.5 Å². The van der Waals surface area contributed by atoms with Crippen LogP contribution in [0.15, 0.2) is 12.1 Å². The highest BCUT2D eigenvalue weighted by molar-refractivity contribution is 6.32. The highest BCUT2D eigenvalue weighted by Crippen LogP contribution is 2.37. The monoisotopic (exact) mass is 272 g/mol. The Kier molecular flexibility index (Phi) is 5.56. The molecule has 0 aliphatic heterocycles. The van der Waals surface area contributed by atoms with Gasteiger partial charge in [0.1, 0.15) is 11.5 Å². The average molecular weight is 273 g/mol. The zero-order valence-electron chi connectivity index (χ0n) is 11.4. The van der Waals surface area contributed by atoms with Crippen LogP contribution in [0.1, 0.15) is 6.92 Å². The van der Waals surface area contributed by atoms with Gasteiger partial charge < -0.3 is 20.1 Å². The first-order chi connectivity index (χ1) is 8.53. The summed E-state index contributed by atoms with van der Waals surface area (Å²) in [4.78, 5) is 2.09. The molecule has 0 amide bonds. The molecule has 2 N–H and O–H groups in total. The van der Waals surface area contributed by atoms with Crippen molar-refractivity contribution in [1.29, 1.82) is 0 Å². The first kappa shape index (κ1) is 14.9. The van der Waals surface area contributed by atoms with Gasteiger partial charge in [0.15, 0.2) is 0 Å². The molecule has 102 valence electrons. The fourth-order valence-corrected chi connectivity index (χ4v) is 2.01. The number of benzene rings is 1. The second-order valence-corrected chi connectivity index (χ2v) is 4.79. The minimum absolute atomic E-state index is 0.404. The van der Waals surface area contributed by atoms with Crippen molar-refractivity contribution in [1.82, 2.24) is 0 Å². The lowest BCUT2D eigenvalue weighted by molar-refractivity contribution is 0.403. The Balaban J connectivity index is 3.05. The minimum atomic E-state index is 0.404. The summed E-state index contributed by atoms with van der Waals surface area (Å²) in [7, 11) is 5.22. The van der Waals surface area contributed by atoms with E-state index >= 15 is 0 Å². The van der Waals surface area contributed by atoms with E-state index in [1.54, 1.807) is 20.3 Å². The van der Waals surface area contributed by atoms with Crippen LogP contribution in [0.25, 0.3) is 0 Å². The molecule has 1 aromatic carbocycles. The first-order valence-electron chi connectivity index (χ1n) is 5.86. The van der Waals surface area contributed by atoms with E-state index in [2.05, 4.69) is 11.8 Å². The number of nitrogens with zero attached hydrogens (tertiary/aromatic N) is 1. The third kappa shape index (κ3) is 3.43. The number of anilines is 1. The molecule has 0 aliphatic rings. The number of rotatable bonds is 6. The highest BCUT2D eigenvalue weighted by Gasteiger charge is 2.14. The Morgan fingerprint density at radius 1 is 1.28 bits per heavy atom. The lowest BCUT2D eigenvalue weighted by atomic mass is 10.1. The predicted octanol–water partition coefficient (Wildman–Crippen LogP) is 2.39. The fraction of sp³-hybridized carbons (Fsp3) is 0.538. The SMILES string of the molecule is COc1cc(N(C)CC(C)CN)c(OC)cc1Cl. The molecule has 0 radical (unpaired) electrons. The summed E-state index contributed by atoms with van der Waals surface area (Å²) in [6.07, 6.45) is 0. The molecule has 0 heterocycles. The molecule has 0 bridgehead atoms. The van der Waals surface area contributed by atoms with Crippen molar-refractivity contribution in [2.24, 2.45) is 11.7 Å². The van der Waals surface area contributed by atoms with E-state index in [1.807, 2.05) is 13.1 Å². The number of nitrogens with two attached hydrogens (primary N) is 1. The fourth-order valence-electron chi connectivity index (χ4n) is 1.78. The Bertz CT molecular complexity index is 399. The molecule has 4 nitrogen and oxygen atoms in total. The Morgan fingerprint density at radius 2 is 1.89 bits per heavy atom. The van der Waals surface area contributed by atoms with E-state index in [4.69, 9.17) is 26.8 Å². The van der Waals surface area contributed by atoms with E-state index in [0.717, 1.165) is 18.0 Å². The molecule has 5 heteroatoms. The van der Waals surface area contributed by atoms with E-state index in [-0.39, 0.29) is 0 Å². The highest BCUT2D eigenvalue weighted by atomic mass is 35.5. The maximum Gasteiger partial charge on any atom is 0.143 e. The van der Waals surface area contributed by atoms with E-state index < -0.39 is 0 Å². The van der Waals surface area contributed by atoms with Crippen LogP contribution in [0, 0.1) is 5.92 Å². The van der Waals surface area contributed by atoms with Crippen molar-refractivity contribution in [2.75, 3.05) is 39.3 Å². The van der Waals surface area contributed by atoms with Crippen LogP contribution in [0.3, 0.4) is 0 Å². The summed E-state index contributed by atoms with van der Waals surface area (Å²) in [5.74, 6) is 1.77. The lowest BCUT2D eigenvalue weighted by Gasteiger charge is -2.25. The third-order valence-corrected chi connectivity index (χ3v) is 3.15. The number of hydrogen-bond acceptors (Lipinski definition) is 4. The molecule has 1 unspecified atom stereocenters. The van der Waals surface area contributed by atoms with Crippen LogP contribution < -0.4 is 20.1 Å². The quantitative estimate of drug-likeness (QED) is 0.864. The largest absolute Gasteiger partial charge is 0.495 e. The van der Waals surface area contributed by atoms with Gasteiger partial charge in [0, 0.05) is 25.7 Å². The number of halogens is 1. The van der Waals surface area contributed by atoms with Crippen LogP contribution in [-0.2, 0) is 0 Å². The summed E-state index contributed by atoms with van der Waals surface area (Å²) in [6, 6.07) is 3.64. The van der Waals surface area contributed by atoms with Gasteiger partial charge in [-0.15, -0.1) is 0 Å². The lowest BCUT2D eigenvalue weighted by Crippen LogP contribution is -2.28. The van der Waals surface area contributed by atoms with Crippen molar-refractivity contribution >= 4 is 17.3 Å². The molecule has 0 saturated carbocycles. The molecule has 0 aromatic heterocycles. The van der Waals surface area contributed by atoms with Crippen LogP contribution in [0.4, 0.5) is 5.69 Å². The number of hydrogen-bond donors (Lipinski definition) is 1. The van der Waals surface area contributed by atoms with Gasteiger partial charge in [-0.05, 0) is 12.5 Å². The smallest absolute Gasteiger partial charge is 0.143 e. The minimum Gasteiger partial charge on any atom is -0.495 e. The summed E-state index contributed by atoms with van der Waals surface area (Å²) in [6.45, 7) is 3.60. The molecule has 0 saturated heterocycles. The predicted molar refractivity (Wildman–Crippen MR) is 76.0 cm³/mol.